The van der Waals surface area contributed by atoms with E-state index in [0.717, 1.165) is 55.7 Å². The molecule has 2 aromatic rings. The molecular formula is C22H28N4O3. The van der Waals surface area contributed by atoms with E-state index in [1.807, 2.05) is 34.1 Å². The zero-order chi connectivity index (χ0) is 20.2. The first-order valence-electron chi connectivity index (χ1n) is 10.4. The number of fused-ring (bicyclic) bond motifs is 1. The molecule has 2 saturated heterocycles. The van der Waals surface area contributed by atoms with E-state index >= 15 is 0 Å². The van der Waals surface area contributed by atoms with Gasteiger partial charge in [0.15, 0.2) is 0 Å². The average molecular weight is 396 g/mol. The number of methoxy groups -OCH3 is 1. The molecule has 4 rings (SSSR count). The highest BCUT2D eigenvalue weighted by atomic mass is 16.5. The molecule has 0 saturated carbocycles. The van der Waals surface area contributed by atoms with Crippen LogP contribution in [-0.4, -0.2) is 84.4 Å². The van der Waals surface area contributed by atoms with E-state index in [9.17, 15) is 9.59 Å². The van der Waals surface area contributed by atoms with Gasteiger partial charge in [0.1, 0.15) is 11.4 Å². The van der Waals surface area contributed by atoms with Crippen LogP contribution in [0, 0.1) is 0 Å². The minimum atomic E-state index is -0.0512. The van der Waals surface area contributed by atoms with E-state index in [1.54, 1.807) is 13.2 Å². The van der Waals surface area contributed by atoms with Gasteiger partial charge in [-0.05, 0) is 43.5 Å². The Morgan fingerprint density at radius 1 is 0.931 bits per heavy atom. The number of pyridine rings is 1. The Bertz CT molecular complexity index is 887. The van der Waals surface area contributed by atoms with Gasteiger partial charge in [0.05, 0.1) is 19.2 Å². The highest BCUT2D eigenvalue weighted by Crippen LogP contribution is 2.20. The number of aromatic nitrogens is 1. The van der Waals surface area contributed by atoms with E-state index in [-0.39, 0.29) is 11.8 Å². The summed E-state index contributed by atoms with van der Waals surface area (Å²) >= 11 is 0. The smallest absolute Gasteiger partial charge is 0.272 e. The summed E-state index contributed by atoms with van der Waals surface area (Å²) in [5.74, 6) is 0.939. The molecule has 1 aromatic carbocycles. The fourth-order valence-electron chi connectivity index (χ4n) is 4.06. The Morgan fingerprint density at radius 3 is 2.41 bits per heavy atom. The Hall–Kier alpha value is -2.67. The molecule has 0 unspecified atom stereocenters. The first kappa shape index (κ1) is 19.6. The van der Waals surface area contributed by atoms with Crippen LogP contribution in [0.1, 0.15) is 29.8 Å². The molecule has 7 nitrogen and oxygen atoms in total. The van der Waals surface area contributed by atoms with Crippen molar-refractivity contribution in [2.45, 2.75) is 19.3 Å². The number of nitrogens with zero attached hydrogens (tertiary/aromatic N) is 4. The highest BCUT2D eigenvalue weighted by molar-refractivity contribution is 5.95. The molecule has 0 radical (unpaired) electrons. The second-order valence-electron chi connectivity index (χ2n) is 7.76. The van der Waals surface area contributed by atoms with E-state index < -0.39 is 0 Å². The quantitative estimate of drug-likeness (QED) is 0.791. The lowest BCUT2D eigenvalue weighted by atomic mass is 10.1. The number of amides is 2. The second kappa shape index (κ2) is 8.78. The summed E-state index contributed by atoms with van der Waals surface area (Å²) in [6, 6.07) is 9.31. The predicted octanol–water partition coefficient (Wildman–Crippen LogP) is 2.01. The van der Waals surface area contributed by atoms with Crippen molar-refractivity contribution in [3.05, 3.63) is 36.0 Å². The Labute approximate surface area is 171 Å². The van der Waals surface area contributed by atoms with Crippen molar-refractivity contribution in [3.63, 3.8) is 0 Å². The second-order valence-corrected chi connectivity index (χ2v) is 7.76. The van der Waals surface area contributed by atoms with Crippen LogP contribution < -0.4 is 4.74 Å². The number of benzene rings is 1. The first-order valence-corrected chi connectivity index (χ1v) is 10.4. The van der Waals surface area contributed by atoms with Gasteiger partial charge in [-0.1, -0.05) is 6.07 Å². The average Bonchev–Trinajstić information content (AvgIpc) is 2.79. The summed E-state index contributed by atoms with van der Waals surface area (Å²) in [4.78, 5) is 35.8. The number of hydrogen-bond donors (Lipinski definition) is 0. The summed E-state index contributed by atoms with van der Waals surface area (Å²) < 4.78 is 5.24. The van der Waals surface area contributed by atoms with Gasteiger partial charge in [0.2, 0.25) is 5.91 Å². The molecule has 3 heterocycles. The molecule has 2 fully saturated rings. The Kier molecular flexibility index (Phi) is 5.94. The summed E-state index contributed by atoms with van der Waals surface area (Å²) in [5.41, 5.74) is 1.24. The lowest BCUT2D eigenvalue weighted by molar-refractivity contribution is -0.133. The van der Waals surface area contributed by atoms with Crippen molar-refractivity contribution in [1.29, 1.82) is 0 Å². The topological polar surface area (TPSA) is 66.0 Å². The largest absolute Gasteiger partial charge is 0.497 e. The molecule has 0 bridgehead atoms. The van der Waals surface area contributed by atoms with Gasteiger partial charge in [-0.25, -0.2) is 4.98 Å². The zero-order valence-corrected chi connectivity index (χ0v) is 17.0. The number of piperazine rings is 1. The van der Waals surface area contributed by atoms with Crippen LogP contribution in [0.3, 0.4) is 0 Å². The molecule has 2 aliphatic rings. The maximum Gasteiger partial charge on any atom is 0.272 e. The van der Waals surface area contributed by atoms with E-state index in [0.29, 0.717) is 25.3 Å². The number of likely N-dealkylation sites (tertiary alicyclic amines) is 1. The molecule has 2 amide bonds. The third kappa shape index (κ3) is 4.50. The van der Waals surface area contributed by atoms with Gasteiger partial charge >= 0.3 is 0 Å². The summed E-state index contributed by atoms with van der Waals surface area (Å²) in [6.45, 7) is 4.90. The van der Waals surface area contributed by atoms with E-state index in [1.165, 1.54) is 6.42 Å². The van der Waals surface area contributed by atoms with Crippen LogP contribution in [0.4, 0.5) is 0 Å². The normalized spacial score (nSPS) is 18.1. The van der Waals surface area contributed by atoms with Gasteiger partial charge < -0.3 is 14.5 Å². The molecule has 0 atom stereocenters. The summed E-state index contributed by atoms with van der Waals surface area (Å²) in [7, 11) is 1.63. The summed E-state index contributed by atoms with van der Waals surface area (Å²) in [5, 5.41) is 0.946. The standard InChI is InChI=1S/C22H28N4O3/c1-29-18-6-8-19-17(15-18)5-7-20(23-19)22(28)26-13-11-24(12-14-26)16-21(27)25-9-3-2-4-10-25/h5-8,15H,2-4,9-14,16H2,1H3. The van der Waals surface area contributed by atoms with Crippen molar-refractivity contribution >= 4 is 22.7 Å². The van der Waals surface area contributed by atoms with Crippen molar-refractivity contribution in [2.24, 2.45) is 0 Å². The third-order valence-corrected chi connectivity index (χ3v) is 5.84. The van der Waals surface area contributed by atoms with Crippen molar-refractivity contribution in [3.8, 4) is 5.75 Å². The zero-order valence-electron chi connectivity index (χ0n) is 17.0. The monoisotopic (exact) mass is 396 g/mol. The number of ether oxygens (including phenoxy) is 1. The summed E-state index contributed by atoms with van der Waals surface area (Å²) in [6.07, 6.45) is 3.44. The predicted molar refractivity (Wildman–Crippen MR) is 111 cm³/mol. The van der Waals surface area contributed by atoms with Crippen LogP contribution in [0.2, 0.25) is 0 Å². The van der Waals surface area contributed by atoms with Gasteiger partial charge in [-0.15, -0.1) is 0 Å². The number of carbonyl (C=O) groups excluding carboxylic acids is 2. The molecule has 7 heteroatoms. The minimum Gasteiger partial charge on any atom is -0.497 e. The van der Waals surface area contributed by atoms with Crippen molar-refractivity contribution in [2.75, 3.05) is 52.9 Å². The van der Waals surface area contributed by atoms with Crippen LogP contribution in [0.5, 0.6) is 5.75 Å². The molecular weight excluding hydrogens is 368 g/mol. The molecule has 0 N–H and O–H groups in total. The Balaban J connectivity index is 1.34. The lowest BCUT2D eigenvalue weighted by Crippen LogP contribution is -2.52. The fraction of sp³-hybridized carbons (Fsp3) is 0.500. The molecule has 0 spiro atoms. The molecule has 1 aromatic heterocycles. The molecule has 154 valence electrons. The molecule has 2 aliphatic heterocycles. The number of rotatable bonds is 4. The van der Waals surface area contributed by atoms with Crippen LogP contribution in [0.25, 0.3) is 10.9 Å². The van der Waals surface area contributed by atoms with Gasteiger partial charge in [-0.3, -0.25) is 14.5 Å². The molecule has 29 heavy (non-hydrogen) atoms. The number of piperidine rings is 1. The lowest BCUT2D eigenvalue weighted by Gasteiger charge is -2.36. The van der Waals surface area contributed by atoms with Crippen molar-refractivity contribution < 1.29 is 14.3 Å². The van der Waals surface area contributed by atoms with Crippen LogP contribution in [0.15, 0.2) is 30.3 Å². The van der Waals surface area contributed by atoms with Gasteiger partial charge in [0, 0.05) is 44.7 Å². The Morgan fingerprint density at radius 2 is 1.69 bits per heavy atom. The van der Waals surface area contributed by atoms with Crippen LogP contribution >= 0.6 is 0 Å². The maximum atomic E-state index is 12.9. The first-order chi connectivity index (χ1) is 14.1. The van der Waals surface area contributed by atoms with Crippen LogP contribution in [-0.2, 0) is 4.79 Å². The third-order valence-electron chi connectivity index (χ3n) is 5.84. The van der Waals surface area contributed by atoms with E-state index in [4.69, 9.17) is 4.74 Å². The van der Waals surface area contributed by atoms with Gasteiger partial charge in [0.25, 0.3) is 5.91 Å². The number of carbonyl (C=O) groups is 2. The number of hydrogen-bond acceptors (Lipinski definition) is 5. The van der Waals surface area contributed by atoms with Crippen molar-refractivity contribution in [1.82, 2.24) is 19.7 Å². The maximum absolute atomic E-state index is 12.9. The minimum absolute atomic E-state index is 0.0512. The fourth-order valence-corrected chi connectivity index (χ4v) is 4.06. The van der Waals surface area contributed by atoms with Gasteiger partial charge in [-0.2, -0.15) is 0 Å². The van der Waals surface area contributed by atoms with E-state index in [2.05, 4.69) is 9.88 Å². The highest BCUT2D eigenvalue weighted by Gasteiger charge is 2.26. The molecule has 0 aliphatic carbocycles. The SMILES string of the molecule is COc1ccc2nc(C(=O)N3CCN(CC(=O)N4CCCCC4)CC3)ccc2c1.